The van der Waals surface area contributed by atoms with E-state index in [0.29, 0.717) is 11.3 Å². The fraction of sp³-hybridized carbons (Fsp3) is 0.591. The zero-order chi connectivity index (χ0) is 43.6. The predicted molar refractivity (Wildman–Crippen MR) is 212 cm³/mol. The molecule has 59 heavy (non-hydrogen) atoms. The molecule has 1 amide bonds. The minimum Gasteiger partial charge on any atom is -0.456 e. The number of benzene rings is 2. The molecule has 1 aliphatic heterocycles. The number of aliphatic hydroxyl groups is 5. The number of ether oxygens (including phenoxy) is 4. The number of fused-ring (bicyclic) bond motifs is 5. The predicted octanol–water partition coefficient (Wildman–Crippen LogP) is 2.66. The average molecular weight is 823 g/mol. The van der Waals surface area contributed by atoms with E-state index in [-0.39, 0.29) is 36.2 Å². The third-order valence-corrected chi connectivity index (χ3v) is 13.3. The zero-order valence-corrected chi connectivity index (χ0v) is 34.8. The number of esters is 3. The molecular weight excluding hydrogens is 764 g/mol. The Kier molecular flexibility index (Phi) is 11.7. The number of hydrogen-bond acceptors (Lipinski definition) is 14. The number of amides is 1. The lowest BCUT2D eigenvalue weighted by molar-refractivity contribution is -0.365. The second kappa shape index (κ2) is 15.6. The normalized spacial score (nSPS) is 34.6. The standard InChI is InChI=1S/C44H58N2O13/c1-22-27(57-39(54)34(51)32(24-14-16-26(45)17-15-24)46-30(49)20-40(3,4)5)19-44(55)37(58-38(53)25-12-10-9-11-13-25)35-42(8,36(52)33(50)31(22)41(44,6)7)28(48)18-29-43(35,21-56-29)59-23(2)47/h9-17,27-29,32-37,48,50-52,55H,18-21,45H2,1-8H3,(H,46,49)/t27-,28-,29+,32?,33+,34+,35-,36?,37-,42+,43-,44+/m0/s1. The summed E-state index contributed by atoms with van der Waals surface area (Å²) >= 11 is 0. The van der Waals surface area contributed by atoms with Crippen molar-refractivity contribution in [2.75, 3.05) is 12.3 Å². The lowest BCUT2D eigenvalue weighted by Crippen LogP contribution is -2.82. The number of anilines is 1. The van der Waals surface area contributed by atoms with Gasteiger partial charge in [-0.1, -0.05) is 71.9 Å². The fourth-order valence-electron chi connectivity index (χ4n) is 10.1. The molecule has 4 aliphatic rings. The van der Waals surface area contributed by atoms with Gasteiger partial charge in [0.15, 0.2) is 11.7 Å². The van der Waals surface area contributed by atoms with E-state index in [9.17, 15) is 44.7 Å². The largest absolute Gasteiger partial charge is 0.456 e. The van der Waals surface area contributed by atoms with Crippen LogP contribution >= 0.6 is 0 Å². The number of carbonyl (C=O) groups is 4. The summed E-state index contributed by atoms with van der Waals surface area (Å²) in [4.78, 5) is 54.4. The van der Waals surface area contributed by atoms with Gasteiger partial charge in [0.1, 0.15) is 30.0 Å². The number of nitrogens with one attached hydrogen (secondary N) is 1. The first-order chi connectivity index (χ1) is 27.4. The van der Waals surface area contributed by atoms with E-state index in [4.69, 9.17) is 24.7 Å². The maximum absolute atomic E-state index is 14.2. The first kappa shape index (κ1) is 44.2. The molecule has 15 nitrogen and oxygen atoms in total. The maximum Gasteiger partial charge on any atom is 0.338 e. The Morgan fingerprint density at radius 1 is 0.983 bits per heavy atom. The summed E-state index contributed by atoms with van der Waals surface area (Å²) in [6.07, 6.45) is -11.7. The van der Waals surface area contributed by atoms with Crippen molar-refractivity contribution >= 4 is 29.5 Å². The van der Waals surface area contributed by atoms with Crippen molar-refractivity contribution in [2.45, 2.75) is 135 Å². The van der Waals surface area contributed by atoms with Crippen LogP contribution in [0.1, 0.15) is 96.6 Å². The molecule has 0 aromatic heterocycles. The molecule has 2 bridgehead atoms. The highest BCUT2D eigenvalue weighted by Crippen LogP contribution is 2.65. The molecule has 6 rings (SSSR count). The summed E-state index contributed by atoms with van der Waals surface area (Å²) in [5, 5.41) is 64.5. The van der Waals surface area contributed by atoms with E-state index < -0.39 is 112 Å². The number of carbonyl (C=O) groups excluding carboxylic acids is 4. The molecule has 0 radical (unpaired) electrons. The third-order valence-electron chi connectivity index (χ3n) is 13.3. The zero-order valence-electron chi connectivity index (χ0n) is 34.8. The molecule has 1 saturated heterocycles. The molecule has 12 atom stereocenters. The second-order valence-electron chi connectivity index (χ2n) is 18.7. The third kappa shape index (κ3) is 7.54. The van der Waals surface area contributed by atoms with Gasteiger partial charge in [-0.25, -0.2) is 9.59 Å². The SMILES string of the molecule is CC(=O)O[C@@]12CO[C@@H]1C[C@H](O)[C@@]1(C)C(O)[C@H](O)C3=C(C)[C@@H](OC(=O)[C@H](O)C(NC(=O)CC(C)(C)C)c4ccc(N)cc4)C[C@@](O)([C@@H](OC(=O)c4ccccc4)[C@H]21)C3(C)C. The summed E-state index contributed by atoms with van der Waals surface area (Å²) in [6.45, 7) is 12.8. The smallest absolute Gasteiger partial charge is 0.338 e. The Morgan fingerprint density at radius 2 is 1.61 bits per heavy atom. The van der Waals surface area contributed by atoms with Crippen molar-refractivity contribution in [2.24, 2.45) is 22.2 Å². The summed E-state index contributed by atoms with van der Waals surface area (Å²) < 4.78 is 24.3. The van der Waals surface area contributed by atoms with Gasteiger partial charge in [0.25, 0.3) is 0 Å². The van der Waals surface area contributed by atoms with Crippen LogP contribution in [-0.4, -0.2) is 110 Å². The molecule has 8 N–H and O–H groups in total. The number of rotatable bonds is 9. The van der Waals surface area contributed by atoms with E-state index in [1.165, 1.54) is 26.0 Å². The van der Waals surface area contributed by atoms with Gasteiger partial charge in [-0.05, 0) is 53.3 Å². The van der Waals surface area contributed by atoms with Crippen molar-refractivity contribution in [3.05, 3.63) is 76.9 Å². The molecule has 15 heteroatoms. The van der Waals surface area contributed by atoms with Crippen LogP contribution < -0.4 is 11.1 Å². The van der Waals surface area contributed by atoms with Gasteiger partial charge in [-0.2, -0.15) is 0 Å². The minimum atomic E-state index is -2.31. The van der Waals surface area contributed by atoms with Gasteiger partial charge in [0.2, 0.25) is 5.91 Å². The number of hydrogen-bond donors (Lipinski definition) is 7. The van der Waals surface area contributed by atoms with Crippen LogP contribution in [0.5, 0.6) is 0 Å². The van der Waals surface area contributed by atoms with Gasteiger partial charge < -0.3 is 55.5 Å². The van der Waals surface area contributed by atoms with Crippen LogP contribution in [0.15, 0.2) is 65.7 Å². The Morgan fingerprint density at radius 3 is 2.17 bits per heavy atom. The van der Waals surface area contributed by atoms with E-state index >= 15 is 0 Å². The molecule has 2 saturated carbocycles. The van der Waals surface area contributed by atoms with Crippen molar-refractivity contribution in [3.63, 3.8) is 0 Å². The van der Waals surface area contributed by atoms with Crippen molar-refractivity contribution < 1.29 is 63.7 Å². The Hall–Kier alpha value is -4.38. The number of aliphatic hydroxyl groups excluding tert-OH is 4. The molecule has 322 valence electrons. The van der Waals surface area contributed by atoms with Crippen LogP contribution in [0.4, 0.5) is 5.69 Å². The summed E-state index contributed by atoms with van der Waals surface area (Å²) in [5.41, 5.74) is -0.751. The molecule has 2 aromatic rings. The van der Waals surface area contributed by atoms with Crippen LogP contribution in [0, 0.1) is 22.2 Å². The molecule has 1 heterocycles. The average Bonchev–Trinajstić information content (AvgIpc) is 3.15. The second-order valence-corrected chi connectivity index (χ2v) is 18.7. The summed E-state index contributed by atoms with van der Waals surface area (Å²) in [6, 6.07) is 12.9. The van der Waals surface area contributed by atoms with Gasteiger partial charge in [0, 0.05) is 42.7 Å². The highest BCUT2D eigenvalue weighted by Gasteiger charge is 2.77. The van der Waals surface area contributed by atoms with Crippen molar-refractivity contribution in [1.82, 2.24) is 5.32 Å². The molecule has 3 aliphatic carbocycles. The van der Waals surface area contributed by atoms with Gasteiger partial charge >= 0.3 is 17.9 Å². The Balaban J connectivity index is 1.48. The van der Waals surface area contributed by atoms with Crippen molar-refractivity contribution in [1.29, 1.82) is 0 Å². The molecular formula is C44H58N2O13. The van der Waals surface area contributed by atoms with E-state index in [1.54, 1.807) is 63.2 Å². The maximum atomic E-state index is 14.2. The number of nitrogen functional groups attached to an aromatic ring is 1. The summed E-state index contributed by atoms with van der Waals surface area (Å²) in [5.74, 6) is -4.68. The van der Waals surface area contributed by atoms with Crippen LogP contribution in [0.25, 0.3) is 0 Å². The van der Waals surface area contributed by atoms with Crippen LogP contribution in [0.2, 0.25) is 0 Å². The van der Waals surface area contributed by atoms with Crippen LogP contribution in [0.3, 0.4) is 0 Å². The first-order valence-corrected chi connectivity index (χ1v) is 20.0. The van der Waals surface area contributed by atoms with Gasteiger partial charge in [0.05, 0.1) is 36.3 Å². The molecule has 2 unspecified atom stereocenters. The first-order valence-electron chi connectivity index (χ1n) is 20.0. The van der Waals surface area contributed by atoms with Crippen molar-refractivity contribution in [3.8, 4) is 0 Å². The quantitative estimate of drug-likeness (QED) is 0.0833. The lowest BCUT2D eigenvalue weighted by atomic mass is 9.44. The Labute approximate surface area is 343 Å². The number of nitrogens with two attached hydrogens (primary N) is 1. The monoisotopic (exact) mass is 822 g/mol. The van der Waals surface area contributed by atoms with E-state index in [1.807, 2.05) is 20.8 Å². The van der Waals surface area contributed by atoms with Gasteiger partial charge in [-0.3, -0.25) is 9.59 Å². The van der Waals surface area contributed by atoms with Gasteiger partial charge in [-0.15, -0.1) is 0 Å². The van der Waals surface area contributed by atoms with E-state index in [0.717, 1.165) is 0 Å². The topological polar surface area (TPSA) is 244 Å². The molecule has 2 aromatic carbocycles. The summed E-state index contributed by atoms with van der Waals surface area (Å²) in [7, 11) is 0. The van der Waals surface area contributed by atoms with E-state index in [2.05, 4.69) is 5.32 Å². The van der Waals surface area contributed by atoms with Crippen LogP contribution in [-0.2, 0) is 33.3 Å². The fourth-order valence-corrected chi connectivity index (χ4v) is 10.1. The lowest BCUT2D eigenvalue weighted by Gasteiger charge is -2.69. The highest BCUT2D eigenvalue weighted by atomic mass is 16.6. The Bertz CT molecular complexity index is 1980. The highest BCUT2D eigenvalue weighted by molar-refractivity contribution is 5.89. The minimum absolute atomic E-state index is 0.0424. The molecule has 0 spiro atoms. The molecule has 3 fully saturated rings.